The Balaban J connectivity index is 1.61. The number of rotatable bonds is 3. The van der Waals surface area contributed by atoms with Gasteiger partial charge in [-0.3, -0.25) is 0 Å². The van der Waals surface area contributed by atoms with E-state index in [1.165, 1.54) is 12.0 Å². The Morgan fingerprint density at radius 2 is 2.50 bits per heavy atom. The average molecular weight is 220 g/mol. The summed E-state index contributed by atoms with van der Waals surface area (Å²) in [4.78, 5) is 8.77. The van der Waals surface area contributed by atoms with E-state index in [-0.39, 0.29) is 0 Å². The first kappa shape index (κ1) is 9.99. The summed E-state index contributed by atoms with van der Waals surface area (Å²) in [6.07, 6.45) is 4.54. The van der Waals surface area contributed by atoms with Crippen molar-refractivity contribution in [3.05, 3.63) is 17.5 Å². The van der Waals surface area contributed by atoms with E-state index >= 15 is 0 Å². The van der Waals surface area contributed by atoms with Crippen LogP contribution < -0.4 is 10.6 Å². The molecule has 2 aliphatic rings. The summed E-state index contributed by atoms with van der Waals surface area (Å²) < 4.78 is 5.54. The largest absolute Gasteiger partial charge is 0.376 e. The molecule has 1 fully saturated rings. The van der Waals surface area contributed by atoms with Crippen LogP contribution in [-0.2, 0) is 17.8 Å². The topological polar surface area (TPSA) is 59.1 Å². The van der Waals surface area contributed by atoms with Crippen molar-refractivity contribution in [1.82, 2.24) is 15.3 Å². The summed E-state index contributed by atoms with van der Waals surface area (Å²) >= 11 is 0. The molecule has 0 spiro atoms. The number of fused-ring (bicyclic) bond motifs is 1. The predicted molar refractivity (Wildman–Crippen MR) is 60.0 cm³/mol. The number of anilines is 1. The molecule has 0 aromatic carbocycles. The fraction of sp³-hybridized carbons (Fsp3) is 0.636. The number of nitrogens with zero attached hydrogens (tertiary/aromatic N) is 2. The molecule has 1 atom stereocenters. The second-order valence-electron chi connectivity index (χ2n) is 4.29. The van der Waals surface area contributed by atoms with Crippen LogP contribution in [0, 0.1) is 0 Å². The van der Waals surface area contributed by atoms with Gasteiger partial charge in [-0.2, -0.15) is 0 Å². The van der Waals surface area contributed by atoms with Crippen LogP contribution in [0.4, 0.5) is 5.95 Å². The Morgan fingerprint density at radius 1 is 1.50 bits per heavy atom. The predicted octanol–water partition coefficient (Wildman–Crippen LogP) is 0.671. The van der Waals surface area contributed by atoms with Crippen LogP contribution >= 0.6 is 0 Å². The third-order valence-corrected chi connectivity index (χ3v) is 3.07. The van der Waals surface area contributed by atoms with E-state index in [0.717, 1.165) is 44.3 Å². The summed E-state index contributed by atoms with van der Waals surface area (Å²) in [5, 5.41) is 6.50. The Labute approximate surface area is 94.6 Å². The van der Waals surface area contributed by atoms with Crippen molar-refractivity contribution < 1.29 is 4.74 Å². The number of ether oxygens (including phenoxy) is 1. The summed E-state index contributed by atoms with van der Waals surface area (Å²) in [6.45, 7) is 3.45. The molecule has 2 aliphatic heterocycles. The molecule has 86 valence electrons. The van der Waals surface area contributed by atoms with Crippen molar-refractivity contribution in [3.63, 3.8) is 0 Å². The maximum absolute atomic E-state index is 5.54. The van der Waals surface area contributed by atoms with Crippen molar-refractivity contribution in [3.8, 4) is 0 Å². The average Bonchev–Trinajstić information content (AvgIpc) is 2.97. The second kappa shape index (κ2) is 4.35. The van der Waals surface area contributed by atoms with Gasteiger partial charge in [0.25, 0.3) is 0 Å². The number of hydrogen-bond donors (Lipinski definition) is 2. The molecular formula is C11H16N4O. The van der Waals surface area contributed by atoms with Crippen molar-refractivity contribution >= 4 is 5.95 Å². The molecule has 1 unspecified atom stereocenters. The molecule has 0 aliphatic carbocycles. The molecule has 16 heavy (non-hydrogen) atoms. The molecule has 0 saturated carbocycles. The highest BCUT2D eigenvalue weighted by Crippen LogP contribution is 2.15. The lowest BCUT2D eigenvalue weighted by Crippen LogP contribution is -2.19. The highest BCUT2D eigenvalue weighted by atomic mass is 16.5. The van der Waals surface area contributed by atoms with Gasteiger partial charge in [0.05, 0.1) is 11.8 Å². The quantitative estimate of drug-likeness (QED) is 0.784. The van der Waals surface area contributed by atoms with Gasteiger partial charge in [0.1, 0.15) is 0 Å². The van der Waals surface area contributed by atoms with Gasteiger partial charge >= 0.3 is 0 Å². The fourth-order valence-corrected chi connectivity index (χ4v) is 2.15. The summed E-state index contributed by atoms with van der Waals surface area (Å²) in [6, 6.07) is 0. The Morgan fingerprint density at radius 3 is 3.38 bits per heavy atom. The van der Waals surface area contributed by atoms with E-state index in [0.29, 0.717) is 6.10 Å². The van der Waals surface area contributed by atoms with Crippen molar-refractivity contribution in [2.24, 2.45) is 0 Å². The zero-order valence-corrected chi connectivity index (χ0v) is 9.20. The van der Waals surface area contributed by atoms with Crippen LogP contribution in [0.2, 0.25) is 0 Å². The van der Waals surface area contributed by atoms with Gasteiger partial charge in [0, 0.05) is 38.0 Å². The number of aromatic nitrogens is 2. The van der Waals surface area contributed by atoms with Crippen LogP contribution in [-0.4, -0.2) is 29.2 Å². The van der Waals surface area contributed by atoms with Crippen LogP contribution in [0.1, 0.15) is 24.1 Å². The van der Waals surface area contributed by atoms with Gasteiger partial charge in [0.2, 0.25) is 5.95 Å². The van der Waals surface area contributed by atoms with Gasteiger partial charge in [0.15, 0.2) is 0 Å². The monoisotopic (exact) mass is 220 g/mol. The van der Waals surface area contributed by atoms with E-state index < -0.39 is 0 Å². The zero-order chi connectivity index (χ0) is 10.8. The van der Waals surface area contributed by atoms with Crippen LogP contribution in [0.5, 0.6) is 0 Å². The Kier molecular flexibility index (Phi) is 2.71. The molecular weight excluding hydrogens is 204 g/mol. The summed E-state index contributed by atoms with van der Waals surface area (Å²) in [7, 11) is 0. The van der Waals surface area contributed by atoms with E-state index in [4.69, 9.17) is 4.74 Å². The fourth-order valence-electron chi connectivity index (χ4n) is 2.15. The van der Waals surface area contributed by atoms with Gasteiger partial charge in [-0.1, -0.05) is 0 Å². The summed E-state index contributed by atoms with van der Waals surface area (Å²) in [5.74, 6) is 0.720. The van der Waals surface area contributed by atoms with Crippen LogP contribution in [0.3, 0.4) is 0 Å². The molecule has 1 saturated heterocycles. The van der Waals surface area contributed by atoms with E-state index in [9.17, 15) is 0 Å². The van der Waals surface area contributed by atoms with E-state index in [1.807, 2.05) is 6.20 Å². The third-order valence-electron chi connectivity index (χ3n) is 3.07. The standard InChI is InChI=1S/C11H16N4O/c1-2-9(16-3-1)6-14-11-13-5-8-4-12-7-10(8)15-11/h5,9,12H,1-4,6-7H2,(H,13,14,15). The minimum absolute atomic E-state index is 0.329. The van der Waals surface area contributed by atoms with Crippen LogP contribution in [0.25, 0.3) is 0 Å². The molecule has 5 nitrogen and oxygen atoms in total. The maximum Gasteiger partial charge on any atom is 0.223 e. The third kappa shape index (κ3) is 2.01. The Bertz CT molecular complexity index is 376. The minimum Gasteiger partial charge on any atom is -0.376 e. The highest BCUT2D eigenvalue weighted by molar-refractivity contribution is 5.31. The highest BCUT2D eigenvalue weighted by Gasteiger charge is 2.16. The molecule has 1 aromatic rings. The smallest absolute Gasteiger partial charge is 0.223 e. The van der Waals surface area contributed by atoms with E-state index in [2.05, 4.69) is 20.6 Å². The molecule has 3 heterocycles. The normalized spacial score (nSPS) is 23.4. The lowest BCUT2D eigenvalue weighted by Gasteiger charge is -2.10. The first-order valence-electron chi connectivity index (χ1n) is 5.83. The molecule has 3 rings (SSSR count). The van der Waals surface area contributed by atoms with E-state index in [1.54, 1.807) is 0 Å². The first-order valence-corrected chi connectivity index (χ1v) is 5.83. The molecule has 0 radical (unpaired) electrons. The molecule has 5 heteroatoms. The summed E-state index contributed by atoms with van der Waals surface area (Å²) in [5.41, 5.74) is 2.33. The molecule has 0 bridgehead atoms. The minimum atomic E-state index is 0.329. The van der Waals surface area contributed by atoms with Gasteiger partial charge in [-0.05, 0) is 12.8 Å². The SMILES string of the molecule is c1nc(NCC2CCCO2)nc2c1CNC2. The lowest BCUT2D eigenvalue weighted by atomic mass is 10.2. The van der Waals surface area contributed by atoms with Crippen molar-refractivity contribution in [2.45, 2.75) is 32.0 Å². The lowest BCUT2D eigenvalue weighted by molar-refractivity contribution is 0.120. The zero-order valence-electron chi connectivity index (χ0n) is 9.20. The molecule has 0 amide bonds. The van der Waals surface area contributed by atoms with Gasteiger partial charge in [-0.15, -0.1) is 0 Å². The van der Waals surface area contributed by atoms with Gasteiger partial charge < -0.3 is 15.4 Å². The second-order valence-corrected chi connectivity index (χ2v) is 4.29. The molecule has 1 aromatic heterocycles. The van der Waals surface area contributed by atoms with Gasteiger partial charge in [-0.25, -0.2) is 9.97 Å². The first-order chi connectivity index (χ1) is 7.92. The Hall–Kier alpha value is -1.20. The maximum atomic E-state index is 5.54. The van der Waals surface area contributed by atoms with Crippen molar-refractivity contribution in [2.75, 3.05) is 18.5 Å². The number of nitrogens with one attached hydrogen (secondary N) is 2. The number of hydrogen-bond acceptors (Lipinski definition) is 5. The van der Waals surface area contributed by atoms with Crippen molar-refractivity contribution in [1.29, 1.82) is 0 Å². The van der Waals surface area contributed by atoms with Crippen LogP contribution in [0.15, 0.2) is 6.20 Å². The molecule has 2 N–H and O–H groups in total.